The van der Waals surface area contributed by atoms with Gasteiger partial charge in [0.1, 0.15) is 11.5 Å². The molecular weight excluding hydrogens is 347 g/mol. The van der Waals surface area contributed by atoms with Gasteiger partial charge in [0.25, 0.3) is 0 Å². The summed E-state index contributed by atoms with van der Waals surface area (Å²) in [4.78, 5) is 16.3. The zero-order valence-electron chi connectivity index (χ0n) is 14.0. The summed E-state index contributed by atoms with van der Waals surface area (Å²) >= 11 is 0. The molecule has 9 heteroatoms. The Labute approximate surface area is 147 Å². The summed E-state index contributed by atoms with van der Waals surface area (Å²) in [5.41, 5.74) is -1.16. The zero-order valence-corrected chi connectivity index (χ0v) is 14.0. The van der Waals surface area contributed by atoms with Gasteiger partial charge in [0.15, 0.2) is 17.5 Å². The van der Waals surface area contributed by atoms with E-state index in [-0.39, 0.29) is 17.1 Å². The Bertz CT molecular complexity index is 881. The molecular formula is C17H16F3N5O. The number of aryl methyl sites for hydroxylation is 2. The van der Waals surface area contributed by atoms with E-state index in [1.54, 1.807) is 4.57 Å². The molecule has 26 heavy (non-hydrogen) atoms. The van der Waals surface area contributed by atoms with Crippen LogP contribution in [0.3, 0.4) is 0 Å². The number of aromatic nitrogens is 4. The van der Waals surface area contributed by atoms with E-state index in [9.17, 15) is 23.2 Å². The van der Waals surface area contributed by atoms with Crippen molar-refractivity contribution >= 4 is 5.78 Å². The van der Waals surface area contributed by atoms with Crippen molar-refractivity contribution in [3.8, 4) is 6.07 Å². The number of nitriles is 1. The van der Waals surface area contributed by atoms with Crippen LogP contribution in [-0.2, 0) is 19.1 Å². The summed E-state index contributed by atoms with van der Waals surface area (Å²) in [6, 6.07) is 3.74. The smallest absolute Gasteiger partial charge is 0.313 e. The van der Waals surface area contributed by atoms with Crippen LogP contribution in [0.2, 0.25) is 0 Å². The second-order valence-corrected chi connectivity index (χ2v) is 6.19. The lowest BCUT2D eigenvalue weighted by atomic mass is 9.96. The lowest BCUT2D eigenvalue weighted by Gasteiger charge is -2.13. The van der Waals surface area contributed by atoms with Crippen molar-refractivity contribution in [2.75, 3.05) is 0 Å². The van der Waals surface area contributed by atoms with Crippen LogP contribution in [0.1, 0.15) is 58.6 Å². The molecule has 2 aromatic rings. The topological polar surface area (TPSA) is 84.5 Å². The number of carbonyl (C=O) groups excluding carboxylic acids is 1. The Hall–Kier alpha value is -2.76. The van der Waals surface area contributed by atoms with Crippen LogP contribution < -0.4 is 0 Å². The van der Waals surface area contributed by atoms with Gasteiger partial charge >= 0.3 is 6.18 Å². The van der Waals surface area contributed by atoms with Gasteiger partial charge in [-0.1, -0.05) is 6.42 Å². The minimum atomic E-state index is -4.59. The molecule has 0 bridgehead atoms. The van der Waals surface area contributed by atoms with Crippen molar-refractivity contribution in [1.29, 1.82) is 5.26 Å². The van der Waals surface area contributed by atoms with Crippen molar-refractivity contribution in [1.82, 2.24) is 19.7 Å². The molecule has 0 aromatic carbocycles. The van der Waals surface area contributed by atoms with Crippen molar-refractivity contribution in [3.05, 3.63) is 40.7 Å². The first-order chi connectivity index (χ1) is 12.3. The standard InChI is InChI=1S/C17H16F3N5O/c1-10-11(6-7-13(22-10)17(18,19)20)15(26)12(9-21)16-24-23-14-5-3-2-4-8-25(14)16/h6-7,12H,2-5,8H2,1H3. The van der Waals surface area contributed by atoms with E-state index in [0.717, 1.165) is 43.6 Å². The van der Waals surface area contributed by atoms with Crippen molar-refractivity contribution in [3.63, 3.8) is 0 Å². The molecule has 6 nitrogen and oxygen atoms in total. The number of carbonyl (C=O) groups is 1. The molecule has 2 aromatic heterocycles. The number of nitrogens with zero attached hydrogens (tertiary/aromatic N) is 5. The Kier molecular flexibility index (Phi) is 4.76. The first kappa shape index (κ1) is 18.0. The molecule has 0 spiro atoms. The van der Waals surface area contributed by atoms with Crippen LogP contribution in [-0.4, -0.2) is 25.5 Å². The lowest BCUT2D eigenvalue weighted by Crippen LogP contribution is -2.19. The van der Waals surface area contributed by atoms with Crippen LogP contribution in [0.15, 0.2) is 12.1 Å². The van der Waals surface area contributed by atoms with Gasteiger partial charge in [-0.2, -0.15) is 18.4 Å². The minimum Gasteiger partial charge on any atom is -0.313 e. The zero-order chi connectivity index (χ0) is 18.9. The Morgan fingerprint density at radius 3 is 2.69 bits per heavy atom. The van der Waals surface area contributed by atoms with Crippen LogP contribution in [0.5, 0.6) is 0 Å². The molecule has 0 amide bonds. The van der Waals surface area contributed by atoms with E-state index >= 15 is 0 Å². The number of ketones is 1. The highest BCUT2D eigenvalue weighted by atomic mass is 19.4. The molecule has 1 aliphatic rings. The van der Waals surface area contributed by atoms with E-state index in [2.05, 4.69) is 15.2 Å². The molecule has 1 aliphatic heterocycles. The summed E-state index contributed by atoms with van der Waals surface area (Å²) in [6.45, 7) is 1.94. The maximum Gasteiger partial charge on any atom is 0.433 e. The highest BCUT2D eigenvalue weighted by Gasteiger charge is 2.34. The third kappa shape index (κ3) is 3.31. The second kappa shape index (κ2) is 6.86. The Morgan fingerprint density at radius 1 is 1.27 bits per heavy atom. The molecule has 0 fully saturated rings. The third-order valence-electron chi connectivity index (χ3n) is 4.43. The van der Waals surface area contributed by atoms with E-state index in [1.165, 1.54) is 6.92 Å². The van der Waals surface area contributed by atoms with Crippen molar-refractivity contribution in [2.24, 2.45) is 0 Å². The largest absolute Gasteiger partial charge is 0.433 e. The van der Waals surface area contributed by atoms with Gasteiger partial charge < -0.3 is 4.57 Å². The number of rotatable bonds is 3. The van der Waals surface area contributed by atoms with E-state index in [1.807, 2.05) is 6.07 Å². The number of Topliss-reactive ketones (excluding diaryl/α,β-unsaturated/α-hetero) is 1. The van der Waals surface area contributed by atoms with Gasteiger partial charge in [0.2, 0.25) is 0 Å². The number of hydrogen-bond donors (Lipinski definition) is 0. The van der Waals surface area contributed by atoms with E-state index in [4.69, 9.17) is 0 Å². The summed E-state index contributed by atoms with van der Waals surface area (Å²) in [5.74, 6) is -0.876. The molecule has 0 radical (unpaired) electrons. The molecule has 0 aliphatic carbocycles. The molecule has 0 saturated carbocycles. The quantitative estimate of drug-likeness (QED) is 0.782. The molecule has 3 heterocycles. The molecule has 136 valence electrons. The third-order valence-corrected chi connectivity index (χ3v) is 4.43. The number of fused-ring (bicyclic) bond motifs is 1. The van der Waals surface area contributed by atoms with Crippen molar-refractivity contribution in [2.45, 2.75) is 51.2 Å². The fourth-order valence-corrected chi connectivity index (χ4v) is 3.09. The first-order valence-electron chi connectivity index (χ1n) is 8.23. The fourth-order valence-electron chi connectivity index (χ4n) is 3.09. The number of halogens is 3. The molecule has 3 rings (SSSR count). The number of hydrogen-bond acceptors (Lipinski definition) is 5. The van der Waals surface area contributed by atoms with Gasteiger partial charge in [-0.15, -0.1) is 10.2 Å². The predicted molar refractivity (Wildman–Crippen MR) is 84.2 cm³/mol. The minimum absolute atomic E-state index is 0.0180. The van der Waals surface area contributed by atoms with Gasteiger partial charge in [0, 0.05) is 24.2 Å². The molecule has 0 N–H and O–H groups in total. The first-order valence-corrected chi connectivity index (χ1v) is 8.23. The van der Waals surface area contributed by atoms with E-state index < -0.39 is 23.6 Å². The molecule has 0 saturated heterocycles. The highest BCUT2D eigenvalue weighted by molar-refractivity contribution is 6.03. The summed E-state index contributed by atoms with van der Waals surface area (Å²) in [7, 11) is 0. The monoisotopic (exact) mass is 363 g/mol. The normalized spacial score (nSPS) is 15.7. The van der Waals surface area contributed by atoms with Crippen molar-refractivity contribution < 1.29 is 18.0 Å². The van der Waals surface area contributed by atoms with Gasteiger partial charge in [-0.3, -0.25) is 4.79 Å². The predicted octanol–water partition coefficient (Wildman–Crippen LogP) is 3.22. The summed E-state index contributed by atoms with van der Waals surface area (Å²) in [5, 5.41) is 17.6. The average molecular weight is 363 g/mol. The van der Waals surface area contributed by atoms with Crippen LogP contribution in [0.4, 0.5) is 13.2 Å². The Morgan fingerprint density at radius 2 is 2.04 bits per heavy atom. The SMILES string of the molecule is Cc1nc(C(F)(F)F)ccc1C(=O)C(C#N)c1nnc2n1CCCCC2. The maximum absolute atomic E-state index is 12.8. The van der Waals surface area contributed by atoms with E-state index in [0.29, 0.717) is 6.54 Å². The average Bonchev–Trinajstić information content (AvgIpc) is 2.83. The van der Waals surface area contributed by atoms with Crippen LogP contribution in [0, 0.1) is 18.3 Å². The fraction of sp³-hybridized carbons (Fsp3) is 0.471. The summed E-state index contributed by atoms with van der Waals surface area (Å²) in [6.07, 6.45) is -0.988. The maximum atomic E-state index is 12.8. The summed E-state index contributed by atoms with van der Waals surface area (Å²) < 4.78 is 40.0. The van der Waals surface area contributed by atoms with Gasteiger partial charge in [0.05, 0.1) is 6.07 Å². The second-order valence-electron chi connectivity index (χ2n) is 6.19. The van der Waals surface area contributed by atoms with Crippen LogP contribution >= 0.6 is 0 Å². The Balaban J connectivity index is 1.96. The van der Waals surface area contributed by atoms with Gasteiger partial charge in [-0.25, -0.2) is 4.98 Å². The lowest BCUT2D eigenvalue weighted by molar-refractivity contribution is -0.141. The molecule has 1 unspecified atom stereocenters. The van der Waals surface area contributed by atoms with Gasteiger partial charge in [-0.05, 0) is 31.9 Å². The molecule has 1 atom stereocenters. The number of pyridine rings is 1. The van der Waals surface area contributed by atoms with Crippen LogP contribution in [0.25, 0.3) is 0 Å². The number of alkyl halides is 3. The highest BCUT2D eigenvalue weighted by Crippen LogP contribution is 2.29.